The van der Waals surface area contributed by atoms with Crippen molar-refractivity contribution in [2.45, 2.75) is 19.2 Å². The Hall–Kier alpha value is -1.34. The van der Waals surface area contributed by atoms with E-state index in [9.17, 15) is 18.3 Å². The normalized spacial score (nSPS) is 13.4. The van der Waals surface area contributed by atoms with Crippen molar-refractivity contribution in [2.24, 2.45) is 0 Å². The van der Waals surface area contributed by atoms with Gasteiger partial charge in [-0.3, -0.25) is 4.98 Å². The van der Waals surface area contributed by atoms with E-state index in [4.69, 9.17) is 4.74 Å². The van der Waals surface area contributed by atoms with Crippen LogP contribution in [-0.2, 0) is 4.74 Å². The highest BCUT2D eigenvalue weighted by Gasteiger charge is 2.27. The Kier molecular flexibility index (Phi) is 5.36. The van der Waals surface area contributed by atoms with Gasteiger partial charge in [0, 0.05) is 11.8 Å². The molecule has 1 unspecified atom stereocenters. The molecule has 0 aromatic carbocycles. The first-order chi connectivity index (χ1) is 8.42. The van der Waals surface area contributed by atoms with Crippen molar-refractivity contribution in [2.75, 3.05) is 19.8 Å². The van der Waals surface area contributed by atoms with E-state index in [1.165, 1.54) is 18.5 Å². The predicted molar refractivity (Wildman–Crippen MR) is 57.2 cm³/mol. The van der Waals surface area contributed by atoms with Crippen LogP contribution in [0, 0.1) is 0 Å². The van der Waals surface area contributed by atoms with Crippen LogP contribution in [0.3, 0.4) is 0 Å². The van der Waals surface area contributed by atoms with Gasteiger partial charge in [0.15, 0.2) is 0 Å². The van der Waals surface area contributed by atoms with Crippen molar-refractivity contribution in [3.63, 3.8) is 0 Å². The molecule has 1 heterocycles. The molecule has 18 heavy (non-hydrogen) atoms. The standard InChI is InChI=1S/C11H14F3NO3/c1-2-18-9-3-8(4-15-5-9)10(16)6-17-7-11(12,13)14/h3-5,10,16H,2,6-7H2,1H3. The van der Waals surface area contributed by atoms with Gasteiger partial charge in [0.05, 0.1) is 19.4 Å². The summed E-state index contributed by atoms with van der Waals surface area (Å²) in [6.07, 6.45) is -2.76. The van der Waals surface area contributed by atoms with Crippen LogP contribution in [-0.4, -0.2) is 36.1 Å². The van der Waals surface area contributed by atoms with Gasteiger partial charge in [-0.15, -0.1) is 0 Å². The molecule has 4 nitrogen and oxygen atoms in total. The summed E-state index contributed by atoms with van der Waals surface area (Å²) < 4.78 is 45.0. The van der Waals surface area contributed by atoms with Crippen molar-refractivity contribution in [1.82, 2.24) is 4.98 Å². The van der Waals surface area contributed by atoms with Gasteiger partial charge in [0.1, 0.15) is 18.5 Å². The van der Waals surface area contributed by atoms with Crippen LogP contribution in [0.5, 0.6) is 5.75 Å². The third-order valence-electron chi connectivity index (χ3n) is 1.97. The maximum Gasteiger partial charge on any atom is 0.411 e. The Balaban J connectivity index is 2.50. The van der Waals surface area contributed by atoms with E-state index in [0.717, 1.165) is 0 Å². The summed E-state index contributed by atoms with van der Waals surface area (Å²) in [5.74, 6) is 0.449. The summed E-state index contributed by atoms with van der Waals surface area (Å²) in [5.41, 5.74) is 0.350. The lowest BCUT2D eigenvalue weighted by Gasteiger charge is -2.13. The molecular weight excluding hydrogens is 251 g/mol. The molecule has 0 aliphatic carbocycles. The molecular formula is C11H14F3NO3. The summed E-state index contributed by atoms with van der Waals surface area (Å²) in [4.78, 5) is 3.82. The Morgan fingerprint density at radius 2 is 2.11 bits per heavy atom. The van der Waals surface area contributed by atoms with Crippen LogP contribution < -0.4 is 4.74 Å². The molecule has 0 bridgehead atoms. The quantitative estimate of drug-likeness (QED) is 0.855. The lowest BCUT2D eigenvalue weighted by atomic mass is 10.2. The second-order valence-corrected chi connectivity index (χ2v) is 3.53. The number of halogens is 3. The fourth-order valence-corrected chi connectivity index (χ4v) is 1.25. The third kappa shape index (κ3) is 5.33. The Bertz CT molecular complexity index is 371. The number of nitrogens with zero attached hydrogens (tertiary/aromatic N) is 1. The topological polar surface area (TPSA) is 51.6 Å². The monoisotopic (exact) mass is 265 g/mol. The number of alkyl halides is 3. The fraction of sp³-hybridized carbons (Fsp3) is 0.545. The molecule has 0 saturated carbocycles. The number of ether oxygens (including phenoxy) is 2. The zero-order valence-corrected chi connectivity index (χ0v) is 9.78. The molecule has 0 saturated heterocycles. The van der Waals surface area contributed by atoms with Gasteiger partial charge in [-0.05, 0) is 13.0 Å². The number of aliphatic hydroxyl groups is 1. The van der Waals surface area contributed by atoms with Gasteiger partial charge in [0.2, 0.25) is 0 Å². The number of aromatic nitrogens is 1. The Morgan fingerprint density at radius 1 is 1.39 bits per heavy atom. The summed E-state index contributed by atoms with van der Waals surface area (Å²) in [5, 5.41) is 9.62. The first kappa shape index (κ1) is 14.7. The van der Waals surface area contributed by atoms with Gasteiger partial charge < -0.3 is 14.6 Å². The van der Waals surface area contributed by atoms with E-state index < -0.39 is 25.5 Å². The first-order valence-corrected chi connectivity index (χ1v) is 5.32. The lowest BCUT2D eigenvalue weighted by Crippen LogP contribution is -2.19. The second-order valence-electron chi connectivity index (χ2n) is 3.53. The zero-order chi connectivity index (χ0) is 13.6. The van der Waals surface area contributed by atoms with Crippen LogP contribution in [0.2, 0.25) is 0 Å². The summed E-state index contributed by atoms with van der Waals surface area (Å²) >= 11 is 0. The lowest BCUT2D eigenvalue weighted by molar-refractivity contribution is -0.179. The highest BCUT2D eigenvalue weighted by molar-refractivity contribution is 5.25. The number of hydrogen-bond acceptors (Lipinski definition) is 4. The molecule has 1 atom stereocenters. The summed E-state index contributed by atoms with van der Waals surface area (Å²) in [7, 11) is 0. The van der Waals surface area contributed by atoms with Gasteiger partial charge in [0.25, 0.3) is 0 Å². The third-order valence-corrected chi connectivity index (χ3v) is 1.97. The Labute approximate surface area is 102 Å². The fourth-order valence-electron chi connectivity index (χ4n) is 1.25. The van der Waals surface area contributed by atoms with Crippen LogP contribution >= 0.6 is 0 Å². The van der Waals surface area contributed by atoms with Crippen molar-refractivity contribution >= 4 is 0 Å². The minimum absolute atomic E-state index is 0.350. The molecule has 1 aromatic rings. The summed E-state index contributed by atoms with van der Waals surface area (Å²) in [6.45, 7) is 0.390. The molecule has 1 rings (SSSR count). The molecule has 0 radical (unpaired) electrons. The summed E-state index contributed by atoms with van der Waals surface area (Å²) in [6, 6.07) is 1.51. The zero-order valence-electron chi connectivity index (χ0n) is 9.78. The van der Waals surface area contributed by atoms with E-state index in [1.54, 1.807) is 6.92 Å². The van der Waals surface area contributed by atoms with Crippen LogP contribution in [0.4, 0.5) is 13.2 Å². The first-order valence-electron chi connectivity index (χ1n) is 5.32. The molecule has 0 amide bonds. The van der Waals surface area contributed by atoms with E-state index >= 15 is 0 Å². The predicted octanol–water partition coefficient (Wildman–Crippen LogP) is 2.09. The molecule has 0 fully saturated rings. The molecule has 102 valence electrons. The number of rotatable bonds is 6. The second kappa shape index (κ2) is 6.55. The highest BCUT2D eigenvalue weighted by Crippen LogP contribution is 2.20. The number of pyridine rings is 1. The SMILES string of the molecule is CCOc1cncc(C(O)COCC(F)(F)F)c1. The van der Waals surface area contributed by atoms with Gasteiger partial charge in [-0.2, -0.15) is 13.2 Å². The Morgan fingerprint density at radius 3 is 2.72 bits per heavy atom. The molecule has 0 aliphatic rings. The number of hydrogen-bond donors (Lipinski definition) is 1. The average Bonchev–Trinajstić information content (AvgIpc) is 2.28. The largest absolute Gasteiger partial charge is 0.492 e. The minimum Gasteiger partial charge on any atom is -0.492 e. The maximum atomic E-state index is 11.8. The maximum absolute atomic E-state index is 11.8. The minimum atomic E-state index is -4.40. The van der Waals surface area contributed by atoms with Crippen molar-refractivity contribution in [3.05, 3.63) is 24.0 Å². The number of aliphatic hydroxyl groups excluding tert-OH is 1. The smallest absolute Gasteiger partial charge is 0.411 e. The van der Waals surface area contributed by atoms with Crippen LogP contribution in [0.1, 0.15) is 18.6 Å². The van der Waals surface area contributed by atoms with Crippen molar-refractivity contribution in [3.8, 4) is 5.75 Å². The van der Waals surface area contributed by atoms with Crippen LogP contribution in [0.15, 0.2) is 18.5 Å². The molecule has 0 aliphatic heterocycles. The van der Waals surface area contributed by atoms with E-state index in [0.29, 0.717) is 17.9 Å². The average molecular weight is 265 g/mol. The molecule has 0 spiro atoms. The highest BCUT2D eigenvalue weighted by atomic mass is 19.4. The van der Waals surface area contributed by atoms with Gasteiger partial charge in [-0.1, -0.05) is 0 Å². The van der Waals surface area contributed by atoms with Crippen molar-refractivity contribution < 1.29 is 27.8 Å². The van der Waals surface area contributed by atoms with Crippen molar-refractivity contribution in [1.29, 1.82) is 0 Å². The molecule has 1 aromatic heterocycles. The van der Waals surface area contributed by atoms with Gasteiger partial charge in [-0.25, -0.2) is 0 Å². The van der Waals surface area contributed by atoms with E-state index in [2.05, 4.69) is 9.72 Å². The molecule has 7 heteroatoms. The van der Waals surface area contributed by atoms with Crippen LogP contribution in [0.25, 0.3) is 0 Å². The molecule has 1 N–H and O–H groups in total. The van der Waals surface area contributed by atoms with E-state index in [-0.39, 0.29) is 0 Å². The van der Waals surface area contributed by atoms with Gasteiger partial charge >= 0.3 is 6.18 Å². The van der Waals surface area contributed by atoms with E-state index in [1.807, 2.05) is 0 Å².